The number of carbonyl (C=O) groups excluding carboxylic acids is 1. The Balaban J connectivity index is 0.000000221. The molecule has 2 N–H and O–H groups in total. The Morgan fingerprint density at radius 3 is 2.11 bits per heavy atom. The second-order valence-corrected chi connectivity index (χ2v) is 7.77. The molecule has 6 nitrogen and oxygen atoms in total. The first-order chi connectivity index (χ1) is 13.3. The first-order valence-electron chi connectivity index (χ1n) is 8.48. The highest BCUT2D eigenvalue weighted by atomic mass is 32.2. The van der Waals surface area contributed by atoms with Crippen LogP contribution in [0.15, 0.2) is 90.1 Å². The number of benzene rings is 2. The minimum Gasteiger partial charge on any atom is -0.411 e. The van der Waals surface area contributed by atoms with Crippen molar-refractivity contribution in [3.8, 4) is 0 Å². The van der Waals surface area contributed by atoms with Crippen molar-refractivity contribution in [2.75, 3.05) is 0 Å². The van der Waals surface area contributed by atoms with Crippen molar-refractivity contribution in [2.45, 2.75) is 11.7 Å². The molecule has 0 saturated carbocycles. The van der Waals surface area contributed by atoms with Crippen molar-refractivity contribution in [3.05, 3.63) is 96.1 Å². The monoisotopic (exact) mass is 399 g/mol. The second kappa shape index (κ2) is 9.25. The van der Waals surface area contributed by atoms with Crippen LogP contribution >= 0.6 is 0 Å². The predicted octanol–water partition coefficient (Wildman–Crippen LogP) is 3.86. The molecule has 0 fully saturated rings. The van der Waals surface area contributed by atoms with Gasteiger partial charge in [-0.15, -0.1) is 0 Å². The summed E-state index contributed by atoms with van der Waals surface area (Å²) in [6, 6.07) is 17.4. The van der Waals surface area contributed by atoms with E-state index in [1.807, 2.05) is 12.1 Å². The molecule has 2 unspecified atom stereocenters. The fourth-order valence-corrected chi connectivity index (χ4v) is 4.21. The molecular formula is C21H21NO5S. The van der Waals surface area contributed by atoms with Gasteiger partial charge in [0.2, 0.25) is 5.78 Å². The van der Waals surface area contributed by atoms with E-state index in [4.69, 9.17) is 5.21 Å². The van der Waals surface area contributed by atoms with E-state index in [-0.39, 0.29) is 11.7 Å². The molecule has 2 aromatic rings. The zero-order valence-electron chi connectivity index (χ0n) is 15.2. The van der Waals surface area contributed by atoms with Gasteiger partial charge in [0, 0.05) is 11.5 Å². The molecule has 2 aromatic carbocycles. The van der Waals surface area contributed by atoms with E-state index in [2.05, 4.69) is 5.16 Å². The first-order valence-corrected chi connectivity index (χ1v) is 9.92. The van der Waals surface area contributed by atoms with E-state index in [0.717, 1.165) is 6.21 Å². The largest absolute Gasteiger partial charge is 0.411 e. The molecule has 1 aliphatic carbocycles. The summed E-state index contributed by atoms with van der Waals surface area (Å²) in [5.41, 5.74) is 1.10. The maximum atomic E-state index is 11.8. The van der Waals surface area contributed by atoms with Gasteiger partial charge < -0.3 is 5.21 Å². The van der Waals surface area contributed by atoms with Crippen molar-refractivity contribution >= 4 is 22.1 Å². The van der Waals surface area contributed by atoms with Gasteiger partial charge in [-0.3, -0.25) is 9.35 Å². The Hall–Kier alpha value is -3.03. The fraction of sp³-hybridized carbons (Fsp3) is 0.143. The van der Waals surface area contributed by atoms with Crippen LogP contribution in [0.4, 0.5) is 0 Å². The van der Waals surface area contributed by atoms with Gasteiger partial charge in [0.1, 0.15) is 11.0 Å². The molecule has 0 aromatic heterocycles. The molecule has 0 amide bonds. The molecule has 0 bridgehead atoms. The van der Waals surface area contributed by atoms with Crippen LogP contribution in [-0.4, -0.2) is 30.2 Å². The highest BCUT2D eigenvalue weighted by Gasteiger charge is 2.46. The lowest BCUT2D eigenvalue weighted by Gasteiger charge is -2.34. The molecule has 0 heterocycles. The van der Waals surface area contributed by atoms with Crippen LogP contribution in [0.1, 0.15) is 22.8 Å². The number of ketones is 1. The first kappa shape index (κ1) is 21.3. The normalized spacial score (nSPS) is 21.1. The minimum absolute atomic E-state index is 0.298. The number of allylic oxidation sites excluding steroid dienone is 3. The van der Waals surface area contributed by atoms with Crippen LogP contribution in [0.25, 0.3) is 0 Å². The van der Waals surface area contributed by atoms with Crippen molar-refractivity contribution in [1.82, 2.24) is 0 Å². The molecule has 1 aliphatic rings. The zero-order chi connectivity index (χ0) is 20.6. The van der Waals surface area contributed by atoms with Gasteiger partial charge in [0.25, 0.3) is 10.1 Å². The number of rotatable bonds is 4. The van der Waals surface area contributed by atoms with E-state index in [9.17, 15) is 17.8 Å². The molecule has 0 aliphatic heterocycles. The third-order valence-electron chi connectivity index (χ3n) is 4.42. The highest BCUT2D eigenvalue weighted by Crippen LogP contribution is 2.41. The lowest BCUT2D eigenvalue weighted by molar-refractivity contribution is 0.106. The lowest BCUT2D eigenvalue weighted by atomic mass is 9.83. The van der Waals surface area contributed by atoms with Crippen molar-refractivity contribution < 1.29 is 23.0 Å². The lowest BCUT2D eigenvalue weighted by Crippen LogP contribution is -2.40. The molecule has 0 spiro atoms. The summed E-state index contributed by atoms with van der Waals surface area (Å²) in [5.74, 6) is -0.613. The highest BCUT2D eigenvalue weighted by molar-refractivity contribution is 7.87. The number of hydrogen-bond acceptors (Lipinski definition) is 5. The Bertz CT molecular complexity index is 982. The zero-order valence-corrected chi connectivity index (χ0v) is 16.0. The van der Waals surface area contributed by atoms with E-state index in [0.29, 0.717) is 11.1 Å². The summed E-state index contributed by atoms with van der Waals surface area (Å²) < 4.78 is 31.8. The van der Waals surface area contributed by atoms with Crippen molar-refractivity contribution in [1.29, 1.82) is 0 Å². The summed E-state index contributed by atoms with van der Waals surface area (Å²) in [5, 5.41) is 10.7. The number of nitrogens with zero attached hydrogens (tertiary/aromatic N) is 1. The molecule has 0 radical (unpaired) electrons. The average molecular weight is 399 g/mol. The van der Waals surface area contributed by atoms with Crippen LogP contribution in [0, 0.1) is 5.92 Å². The predicted molar refractivity (Wildman–Crippen MR) is 108 cm³/mol. The van der Waals surface area contributed by atoms with E-state index in [1.165, 1.54) is 0 Å². The van der Waals surface area contributed by atoms with Crippen LogP contribution in [0.3, 0.4) is 0 Å². The molecule has 146 valence electrons. The van der Waals surface area contributed by atoms with Gasteiger partial charge >= 0.3 is 0 Å². The molecule has 0 saturated heterocycles. The number of carbonyl (C=O) groups is 1. The third kappa shape index (κ3) is 4.62. The van der Waals surface area contributed by atoms with Gasteiger partial charge in [-0.2, -0.15) is 8.42 Å². The van der Waals surface area contributed by atoms with Gasteiger partial charge in [-0.05, 0) is 5.56 Å². The smallest absolute Gasteiger partial charge is 0.279 e. The van der Waals surface area contributed by atoms with Gasteiger partial charge in [-0.1, -0.05) is 97.0 Å². The average Bonchev–Trinajstić information content (AvgIpc) is 2.69. The van der Waals surface area contributed by atoms with Gasteiger partial charge in [0.15, 0.2) is 0 Å². The van der Waals surface area contributed by atoms with Gasteiger partial charge in [-0.25, -0.2) is 0 Å². The maximum absolute atomic E-state index is 11.8. The third-order valence-corrected chi connectivity index (χ3v) is 6.01. The summed E-state index contributed by atoms with van der Waals surface area (Å²) in [6.07, 6.45) is 7.64. The standard InChI is InChI=1S/C13H14O3S.C8H7NO2/c1-11-7-5-6-10-13(11,17(14,15)16)12-8-3-2-4-9-12;10-8(6-9-11)7-4-2-1-3-5-7/h2-11H,1H3,(H,14,15,16);1-6,11H. The quantitative estimate of drug-likeness (QED) is 0.267. The molecule has 7 heteroatoms. The Labute approximate surface area is 164 Å². The summed E-state index contributed by atoms with van der Waals surface area (Å²) >= 11 is 0. The number of oxime groups is 1. The SMILES string of the molecule is CC1C=CC=CC1(c1ccccc1)S(=O)(=O)O.O=C(C=NO)c1ccccc1. The van der Waals surface area contributed by atoms with Crippen LogP contribution < -0.4 is 0 Å². The van der Waals surface area contributed by atoms with Crippen LogP contribution in [0.5, 0.6) is 0 Å². The molecule has 28 heavy (non-hydrogen) atoms. The maximum Gasteiger partial charge on any atom is 0.279 e. The molecular weight excluding hydrogens is 378 g/mol. The van der Waals surface area contributed by atoms with E-state index >= 15 is 0 Å². The van der Waals surface area contributed by atoms with Crippen molar-refractivity contribution in [2.24, 2.45) is 11.1 Å². The van der Waals surface area contributed by atoms with Crippen LogP contribution in [0.2, 0.25) is 0 Å². The topological polar surface area (TPSA) is 104 Å². The fourth-order valence-electron chi connectivity index (χ4n) is 2.98. The van der Waals surface area contributed by atoms with E-state index in [1.54, 1.807) is 79.8 Å². The molecule has 3 rings (SSSR count). The Morgan fingerprint density at radius 2 is 1.61 bits per heavy atom. The second-order valence-electron chi connectivity index (χ2n) is 6.14. The Kier molecular flexibility index (Phi) is 7.03. The Morgan fingerprint density at radius 1 is 1.04 bits per heavy atom. The van der Waals surface area contributed by atoms with Gasteiger partial charge in [0.05, 0.1) is 0 Å². The summed E-state index contributed by atoms with van der Waals surface area (Å²) in [7, 11) is -4.23. The number of Topliss-reactive ketones (excluding diaryl/α,β-unsaturated/α-hetero) is 1. The van der Waals surface area contributed by atoms with Crippen molar-refractivity contribution in [3.63, 3.8) is 0 Å². The molecule has 2 atom stereocenters. The minimum atomic E-state index is -4.23. The number of hydrogen-bond donors (Lipinski definition) is 2. The summed E-state index contributed by atoms with van der Waals surface area (Å²) in [6.45, 7) is 1.78. The summed E-state index contributed by atoms with van der Waals surface area (Å²) in [4.78, 5) is 10.9. The van der Waals surface area contributed by atoms with E-state index < -0.39 is 14.9 Å². The van der Waals surface area contributed by atoms with Crippen LogP contribution in [-0.2, 0) is 14.9 Å².